The van der Waals surface area contributed by atoms with Crippen LogP contribution in [0.4, 0.5) is 0 Å². The van der Waals surface area contributed by atoms with Gasteiger partial charge in [0.25, 0.3) is 0 Å². The first-order valence-electron chi connectivity index (χ1n) is 10.8. The van der Waals surface area contributed by atoms with E-state index in [1.54, 1.807) is 0 Å². The summed E-state index contributed by atoms with van der Waals surface area (Å²) in [6.45, 7) is 7.05. The minimum absolute atomic E-state index is 0.136. The summed E-state index contributed by atoms with van der Waals surface area (Å²) in [4.78, 5) is 12.6. The SMILES string of the molecule is CC(C)(C)C(=O)CSc1nnc(C2COc3ccccc3O2)n1-c1ccc2c(c1)OCCO2. The molecule has 0 spiro atoms. The Bertz CT molecular complexity index is 1190. The fourth-order valence-corrected chi connectivity index (χ4v) is 4.61. The highest BCUT2D eigenvalue weighted by Gasteiger charge is 2.30. The highest BCUT2D eigenvalue weighted by Crippen LogP contribution is 2.38. The standard InChI is InChI=1S/C24H25N3O5S/c1-24(2,3)21(28)14-33-23-26-25-22(20-13-31-16-6-4-5-7-18(16)32-20)27(23)15-8-9-17-19(12-15)30-11-10-29-17/h4-9,12,20H,10-11,13-14H2,1-3H3. The van der Waals surface area contributed by atoms with Crippen LogP contribution in [0.2, 0.25) is 0 Å². The second-order valence-corrected chi connectivity index (χ2v) is 9.77. The monoisotopic (exact) mass is 467 g/mol. The van der Waals surface area contributed by atoms with Crippen LogP contribution >= 0.6 is 11.8 Å². The number of thioether (sulfide) groups is 1. The lowest BCUT2D eigenvalue weighted by atomic mass is 9.92. The van der Waals surface area contributed by atoms with E-state index in [0.717, 1.165) is 5.69 Å². The smallest absolute Gasteiger partial charge is 0.196 e. The molecular formula is C24H25N3O5S. The first-order valence-corrected chi connectivity index (χ1v) is 11.8. The topological polar surface area (TPSA) is 84.7 Å². The van der Waals surface area contributed by atoms with Gasteiger partial charge in [-0.3, -0.25) is 9.36 Å². The van der Waals surface area contributed by atoms with Gasteiger partial charge in [0.15, 0.2) is 40.1 Å². The van der Waals surface area contributed by atoms with Crippen LogP contribution in [-0.4, -0.2) is 46.1 Å². The molecule has 1 aromatic heterocycles. The Balaban J connectivity index is 1.51. The fraction of sp³-hybridized carbons (Fsp3) is 0.375. The molecule has 0 saturated heterocycles. The lowest BCUT2D eigenvalue weighted by molar-refractivity contribution is -0.123. The number of ketones is 1. The second-order valence-electron chi connectivity index (χ2n) is 8.83. The fourth-order valence-electron chi connectivity index (χ4n) is 3.49. The van der Waals surface area contributed by atoms with E-state index < -0.39 is 11.5 Å². The number of rotatable bonds is 5. The molecule has 2 aliphatic heterocycles. The van der Waals surface area contributed by atoms with E-state index in [9.17, 15) is 4.79 Å². The molecule has 9 heteroatoms. The minimum Gasteiger partial charge on any atom is -0.486 e. The summed E-state index contributed by atoms with van der Waals surface area (Å²) in [5.41, 5.74) is 0.370. The Morgan fingerprint density at radius 1 is 1.00 bits per heavy atom. The summed E-state index contributed by atoms with van der Waals surface area (Å²) in [5, 5.41) is 9.45. The molecule has 0 saturated carbocycles. The zero-order chi connectivity index (χ0) is 23.0. The van der Waals surface area contributed by atoms with Gasteiger partial charge in [-0.1, -0.05) is 44.7 Å². The van der Waals surface area contributed by atoms with Crippen LogP contribution in [0.15, 0.2) is 47.6 Å². The van der Waals surface area contributed by atoms with Crippen LogP contribution in [0.5, 0.6) is 23.0 Å². The summed E-state index contributed by atoms with van der Waals surface area (Å²) in [7, 11) is 0. The molecule has 5 rings (SSSR count). The normalized spacial score (nSPS) is 17.0. The summed E-state index contributed by atoms with van der Waals surface area (Å²) >= 11 is 1.36. The van der Waals surface area contributed by atoms with Gasteiger partial charge in [0, 0.05) is 11.5 Å². The molecule has 1 atom stereocenters. The number of nitrogens with zero attached hydrogens (tertiary/aromatic N) is 3. The van der Waals surface area contributed by atoms with Crippen molar-refractivity contribution in [2.75, 3.05) is 25.6 Å². The maximum atomic E-state index is 12.6. The third-order valence-corrected chi connectivity index (χ3v) is 6.34. The van der Waals surface area contributed by atoms with E-state index in [1.165, 1.54) is 11.8 Å². The molecule has 33 heavy (non-hydrogen) atoms. The Morgan fingerprint density at radius 3 is 2.52 bits per heavy atom. The number of Topliss-reactive ketones (excluding diaryl/α,β-unsaturated/α-hetero) is 1. The first kappa shape index (κ1) is 21.6. The van der Waals surface area contributed by atoms with Crippen molar-refractivity contribution in [1.82, 2.24) is 14.8 Å². The quantitative estimate of drug-likeness (QED) is 0.515. The van der Waals surface area contributed by atoms with E-state index in [-0.39, 0.29) is 11.5 Å². The van der Waals surface area contributed by atoms with Gasteiger partial charge in [0.2, 0.25) is 0 Å². The van der Waals surface area contributed by atoms with E-state index in [4.69, 9.17) is 18.9 Å². The molecule has 3 heterocycles. The summed E-state index contributed by atoms with van der Waals surface area (Å²) in [6.07, 6.45) is -0.465. The molecule has 1 unspecified atom stereocenters. The molecule has 0 aliphatic carbocycles. The van der Waals surface area contributed by atoms with Crippen molar-refractivity contribution >= 4 is 17.5 Å². The average molecular weight is 468 g/mol. The maximum absolute atomic E-state index is 12.6. The summed E-state index contributed by atoms with van der Waals surface area (Å²) in [5.74, 6) is 3.72. The number of hydrogen-bond acceptors (Lipinski definition) is 8. The van der Waals surface area contributed by atoms with Crippen LogP contribution in [0.3, 0.4) is 0 Å². The third kappa shape index (κ3) is 4.37. The van der Waals surface area contributed by atoms with Crippen molar-refractivity contribution in [3.8, 4) is 28.7 Å². The molecule has 0 N–H and O–H groups in total. The molecule has 2 aromatic carbocycles. The van der Waals surface area contributed by atoms with Crippen molar-refractivity contribution in [2.24, 2.45) is 5.41 Å². The maximum Gasteiger partial charge on any atom is 0.196 e. The molecule has 172 valence electrons. The van der Waals surface area contributed by atoms with Crippen LogP contribution in [0.25, 0.3) is 5.69 Å². The van der Waals surface area contributed by atoms with Gasteiger partial charge in [-0.05, 0) is 24.3 Å². The Kier molecular flexibility index (Phi) is 5.65. The first-order chi connectivity index (χ1) is 15.9. The van der Waals surface area contributed by atoms with Crippen molar-refractivity contribution in [3.63, 3.8) is 0 Å². The zero-order valence-corrected chi connectivity index (χ0v) is 19.6. The number of benzene rings is 2. The minimum atomic E-state index is -0.465. The molecular weight excluding hydrogens is 442 g/mol. The van der Waals surface area contributed by atoms with E-state index >= 15 is 0 Å². The Hall–Kier alpha value is -3.20. The lowest BCUT2D eigenvalue weighted by Gasteiger charge is -2.26. The van der Waals surface area contributed by atoms with Crippen LogP contribution in [0, 0.1) is 5.41 Å². The van der Waals surface area contributed by atoms with Gasteiger partial charge in [0.1, 0.15) is 25.6 Å². The van der Waals surface area contributed by atoms with Crippen LogP contribution < -0.4 is 18.9 Å². The number of ether oxygens (including phenoxy) is 4. The molecule has 3 aromatic rings. The van der Waals surface area contributed by atoms with Gasteiger partial charge in [-0.15, -0.1) is 10.2 Å². The van der Waals surface area contributed by atoms with Crippen molar-refractivity contribution in [3.05, 3.63) is 48.3 Å². The van der Waals surface area contributed by atoms with Gasteiger partial charge in [-0.25, -0.2) is 0 Å². The number of fused-ring (bicyclic) bond motifs is 2. The summed E-state index contributed by atoms with van der Waals surface area (Å²) < 4.78 is 25.5. The highest BCUT2D eigenvalue weighted by atomic mass is 32.2. The van der Waals surface area contributed by atoms with E-state index in [0.29, 0.717) is 53.8 Å². The molecule has 8 nitrogen and oxygen atoms in total. The lowest BCUT2D eigenvalue weighted by Crippen LogP contribution is -2.25. The van der Waals surface area contributed by atoms with Crippen molar-refractivity contribution in [1.29, 1.82) is 0 Å². The molecule has 0 radical (unpaired) electrons. The van der Waals surface area contributed by atoms with Crippen LogP contribution in [0.1, 0.15) is 32.7 Å². The molecule has 0 amide bonds. The van der Waals surface area contributed by atoms with E-state index in [1.807, 2.05) is 67.8 Å². The predicted octanol–water partition coefficient (Wildman–Crippen LogP) is 4.26. The number of aromatic nitrogens is 3. The molecule has 0 bridgehead atoms. The number of hydrogen-bond donors (Lipinski definition) is 0. The number of carbonyl (C=O) groups excluding carboxylic acids is 1. The molecule has 0 fully saturated rings. The Morgan fingerprint density at radius 2 is 1.73 bits per heavy atom. The van der Waals surface area contributed by atoms with Crippen molar-refractivity contribution in [2.45, 2.75) is 32.0 Å². The zero-order valence-electron chi connectivity index (χ0n) is 18.7. The number of para-hydroxylation sites is 2. The Labute approximate surface area is 196 Å². The summed E-state index contributed by atoms with van der Waals surface area (Å²) in [6, 6.07) is 13.2. The van der Waals surface area contributed by atoms with Gasteiger partial charge in [0.05, 0.1) is 11.4 Å². The van der Waals surface area contributed by atoms with Gasteiger partial charge < -0.3 is 18.9 Å². The van der Waals surface area contributed by atoms with Gasteiger partial charge in [-0.2, -0.15) is 0 Å². The van der Waals surface area contributed by atoms with Crippen molar-refractivity contribution < 1.29 is 23.7 Å². The van der Waals surface area contributed by atoms with E-state index in [2.05, 4.69) is 10.2 Å². The largest absolute Gasteiger partial charge is 0.486 e. The third-order valence-electron chi connectivity index (χ3n) is 5.41. The highest BCUT2D eigenvalue weighted by molar-refractivity contribution is 7.99. The number of carbonyl (C=O) groups is 1. The predicted molar refractivity (Wildman–Crippen MR) is 123 cm³/mol. The average Bonchev–Trinajstić information content (AvgIpc) is 3.25. The van der Waals surface area contributed by atoms with Gasteiger partial charge >= 0.3 is 0 Å². The molecule has 2 aliphatic rings. The van der Waals surface area contributed by atoms with Crippen LogP contribution in [-0.2, 0) is 4.79 Å². The second kappa shape index (κ2) is 8.62.